The van der Waals surface area contributed by atoms with E-state index in [-0.39, 0.29) is 17.6 Å². The summed E-state index contributed by atoms with van der Waals surface area (Å²) in [4.78, 5) is 31.3. The number of aryl methyl sites for hydroxylation is 1. The molecular formula is C23H27N5O4. The summed E-state index contributed by atoms with van der Waals surface area (Å²) in [6.07, 6.45) is 7.62. The molecule has 0 bridgehead atoms. The second-order valence-corrected chi connectivity index (χ2v) is 8.78. The van der Waals surface area contributed by atoms with Crippen LogP contribution in [0.1, 0.15) is 53.2 Å². The fourth-order valence-corrected chi connectivity index (χ4v) is 5.08. The maximum atomic E-state index is 13.0. The molecule has 5 rings (SSSR count). The van der Waals surface area contributed by atoms with Crippen LogP contribution in [-0.4, -0.2) is 40.8 Å². The summed E-state index contributed by atoms with van der Waals surface area (Å²) in [5.41, 5.74) is 8.64. The van der Waals surface area contributed by atoms with Crippen LogP contribution in [0.3, 0.4) is 0 Å². The van der Waals surface area contributed by atoms with E-state index in [1.807, 2.05) is 24.6 Å². The molecule has 0 spiro atoms. The van der Waals surface area contributed by atoms with Crippen molar-refractivity contribution in [3.63, 3.8) is 0 Å². The number of hydrogen-bond donors (Lipinski definition) is 3. The number of carboxylic acid groups (broad SMARTS) is 1. The summed E-state index contributed by atoms with van der Waals surface area (Å²) < 4.78 is 7.49. The number of pyridine rings is 1. The molecule has 1 aliphatic heterocycles. The molecule has 32 heavy (non-hydrogen) atoms. The fraction of sp³-hybridized carbons (Fsp3) is 0.435. The van der Waals surface area contributed by atoms with Gasteiger partial charge in [0.25, 0.3) is 0 Å². The maximum Gasteiger partial charge on any atom is 0.341 e. The lowest BCUT2D eigenvalue weighted by Crippen LogP contribution is -2.29. The summed E-state index contributed by atoms with van der Waals surface area (Å²) in [7, 11) is 1.91. The Kier molecular flexibility index (Phi) is 4.93. The standard InChI is InChI=1S/C23H27N5O4/c1-12-17(27-7-5-13(10-27)19(25-2)22-26-6-8-32-22)9-16(24)18-20(12)28(14-3-4-14)11-15(21(18)29)23(30)31/h6,8-9,11,13-14,19,25H,3-5,7,10,24H2,1-2H3,(H,30,31). The van der Waals surface area contributed by atoms with E-state index in [2.05, 4.69) is 15.2 Å². The van der Waals surface area contributed by atoms with Crippen molar-refractivity contribution >= 4 is 28.2 Å². The van der Waals surface area contributed by atoms with Gasteiger partial charge >= 0.3 is 5.97 Å². The van der Waals surface area contributed by atoms with Crippen molar-refractivity contribution in [1.82, 2.24) is 14.9 Å². The van der Waals surface area contributed by atoms with Gasteiger partial charge in [0.1, 0.15) is 11.8 Å². The van der Waals surface area contributed by atoms with Crippen molar-refractivity contribution in [2.45, 2.75) is 38.3 Å². The minimum Gasteiger partial charge on any atom is -0.477 e. The van der Waals surface area contributed by atoms with Crippen molar-refractivity contribution < 1.29 is 14.3 Å². The van der Waals surface area contributed by atoms with Gasteiger partial charge in [0.2, 0.25) is 11.3 Å². The Labute approximate surface area is 184 Å². The van der Waals surface area contributed by atoms with E-state index in [1.54, 1.807) is 12.5 Å². The molecule has 9 nitrogen and oxygen atoms in total. The Hall–Kier alpha value is -3.33. The number of rotatable bonds is 6. The highest BCUT2D eigenvalue weighted by molar-refractivity contribution is 6.01. The van der Waals surface area contributed by atoms with Crippen LogP contribution in [0.5, 0.6) is 0 Å². The van der Waals surface area contributed by atoms with Gasteiger partial charge in [0, 0.05) is 42.6 Å². The van der Waals surface area contributed by atoms with Gasteiger partial charge in [-0.25, -0.2) is 9.78 Å². The summed E-state index contributed by atoms with van der Waals surface area (Å²) in [6, 6.07) is 2.04. The third-order valence-electron chi connectivity index (χ3n) is 6.79. The number of fused-ring (bicyclic) bond motifs is 1. The van der Waals surface area contributed by atoms with Crippen LogP contribution < -0.4 is 21.4 Å². The number of carbonyl (C=O) groups is 1. The van der Waals surface area contributed by atoms with Gasteiger partial charge in [0.15, 0.2) is 0 Å². The van der Waals surface area contributed by atoms with Gasteiger partial charge in [-0.3, -0.25) is 4.79 Å². The molecule has 2 aromatic heterocycles. The van der Waals surface area contributed by atoms with E-state index < -0.39 is 11.4 Å². The van der Waals surface area contributed by atoms with Gasteiger partial charge in [-0.2, -0.15) is 0 Å². The van der Waals surface area contributed by atoms with Crippen LogP contribution in [0.4, 0.5) is 11.4 Å². The molecule has 4 N–H and O–H groups in total. The highest BCUT2D eigenvalue weighted by Crippen LogP contribution is 2.42. The van der Waals surface area contributed by atoms with E-state index in [9.17, 15) is 14.7 Å². The number of hydrogen-bond acceptors (Lipinski definition) is 7. The second-order valence-electron chi connectivity index (χ2n) is 8.78. The zero-order chi connectivity index (χ0) is 22.6. The van der Waals surface area contributed by atoms with Gasteiger partial charge in [-0.1, -0.05) is 0 Å². The quantitative estimate of drug-likeness (QED) is 0.503. The molecule has 2 unspecified atom stereocenters. The van der Waals surface area contributed by atoms with Crippen molar-refractivity contribution in [1.29, 1.82) is 0 Å². The third kappa shape index (κ3) is 3.24. The monoisotopic (exact) mass is 437 g/mol. The largest absolute Gasteiger partial charge is 0.477 e. The number of nitrogen functional groups attached to an aromatic ring is 1. The van der Waals surface area contributed by atoms with Crippen molar-refractivity contribution in [3.05, 3.63) is 52.0 Å². The minimum absolute atomic E-state index is 0.0101. The molecule has 1 aromatic carbocycles. The Morgan fingerprint density at radius 1 is 1.38 bits per heavy atom. The highest BCUT2D eigenvalue weighted by Gasteiger charge is 2.34. The number of aromatic nitrogens is 2. The second kappa shape index (κ2) is 7.67. The number of nitrogens with one attached hydrogen (secondary N) is 1. The molecule has 3 aromatic rings. The number of oxazole rings is 1. The van der Waals surface area contributed by atoms with E-state index >= 15 is 0 Å². The lowest BCUT2D eigenvalue weighted by molar-refractivity contribution is 0.0695. The molecule has 0 radical (unpaired) electrons. The molecular weight excluding hydrogens is 410 g/mol. The Morgan fingerprint density at radius 3 is 2.78 bits per heavy atom. The van der Waals surface area contributed by atoms with Crippen LogP contribution in [-0.2, 0) is 0 Å². The van der Waals surface area contributed by atoms with Crippen LogP contribution in [0.15, 0.2) is 33.9 Å². The van der Waals surface area contributed by atoms with Crippen molar-refractivity contribution in [2.75, 3.05) is 30.8 Å². The van der Waals surface area contributed by atoms with Crippen LogP contribution >= 0.6 is 0 Å². The Balaban J connectivity index is 1.58. The van der Waals surface area contributed by atoms with Crippen LogP contribution in [0.25, 0.3) is 10.9 Å². The lowest BCUT2D eigenvalue weighted by Gasteiger charge is -2.26. The molecule has 0 amide bonds. The molecule has 1 saturated heterocycles. The van der Waals surface area contributed by atoms with Crippen molar-refractivity contribution in [3.8, 4) is 0 Å². The SMILES string of the molecule is CNC(c1ncco1)C1CCN(c2cc(N)c3c(=O)c(C(=O)O)cn(C4CC4)c3c2C)C1. The molecule has 3 heterocycles. The molecule has 1 saturated carbocycles. The Morgan fingerprint density at radius 2 is 2.16 bits per heavy atom. The van der Waals surface area contributed by atoms with E-state index in [1.165, 1.54) is 6.20 Å². The summed E-state index contributed by atoms with van der Waals surface area (Å²) in [5, 5.41) is 13.2. The van der Waals surface area contributed by atoms with Gasteiger partial charge in [0.05, 0.1) is 23.1 Å². The fourth-order valence-electron chi connectivity index (χ4n) is 5.08. The first-order chi connectivity index (χ1) is 15.4. The topological polar surface area (TPSA) is 127 Å². The molecule has 2 fully saturated rings. The smallest absolute Gasteiger partial charge is 0.341 e. The van der Waals surface area contributed by atoms with E-state index in [0.29, 0.717) is 22.9 Å². The molecule has 2 aliphatic rings. The number of benzene rings is 1. The maximum absolute atomic E-state index is 13.0. The zero-order valence-corrected chi connectivity index (χ0v) is 18.2. The van der Waals surface area contributed by atoms with Gasteiger partial charge in [-0.15, -0.1) is 0 Å². The lowest BCUT2D eigenvalue weighted by atomic mass is 9.99. The summed E-state index contributed by atoms with van der Waals surface area (Å²) in [6.45, 7) is 3.63. The molecule has 168 valence electrons. The average Bonchev–Trinajstić information content (AvgIpc) is 3.25. The number of aromatic carboxylic acids is 1. The first-order valence-corrected chi connectivity index (χ1v) is 10.9. The van der Waals surface area contributed by atoms with Gasteiger partial charge < -0.3 is 30.0 Å². The molecule has 1 aliphatic carbocycles. The first-order valence-electron chi connectivity index (χ1n) is 10.9. The first kappa shape index (κ1) is 20.6. The Bertz CT molecular complexity index is 1250. The average molecular weight is 438 g/mol. The zero-order valence-electron chi connectivity index (χ0n) is 18.2. The summed E-state index contributed by atoms with van der Waals surface area (Å²) in [5.74, 6) is -0.243. The number of carboxylic acids is 1. The van der Waals surface area contributed by atoms with Crippen LogP contribution in [0.2, 0.25) is 0 Å². The predicted molar refractivity (Wildman–Crippen MR) is 121 cm³/mol. The number of nitrogens with two attached hydrogens (primary N) is 1. The molecule has 9 heteroatoms. The number of nitrogens with zero attached hydrogens (tertiary/aromatic N) is 3. The van der Waals surface area contributed by atoms with E-state index in [4.69, 9.17) is 10.2 Å². The van der Waals surface area contributed by atoms with Crippen molar-refractivity contribution in [2.24, 2.45) is 5.92 Å². The summed E-state index contributed by atoms with van der Waals surface area (Å²) >= 11 is 0. The normalized spacial score (nSPS) is 19.6. The number of anilines is 2. The molecule has 2 atom stereocenters. The van der Waals surface area contributed by atoms with Crippen LogP contribution in [0, 0.1) is 12.8 Å². The van der Waals surface area contributed by atoms with E-state index in [0.717, 1.165) is 49.1 Å². The minimum atomic E-state index is -1.22. The van der Waals surface area contributed by atoms with Gasteiger partial charge in [-0.05, 0) is 44.9 Å². The predicted octanol–water partition coefficient (Wildman–Crippen LogP) is 2.70. The highest BCUT2D eigenvalue weighted by atomic mass is 16.4. The third-order valence-corrected chi connectivity index (χ3v) is 6.79.